The third kappa shape index (κ3) is 3.28. The molecule has 2 bridgehead atoms. The van der Waals surface area contributed by atoms with Gasteiger partial charge in [-0.1, -0.05) is 94.3 Å². The molecule has 3 heterocycles. The topological polar surface area (TPSA) is 12.9 Å². The number of fused-ring (bicyclic) bond motifs is 2. The lowest BCUT2D eigenvalue weighted by Gasteiger charge is -2.46. The summed E-state index contributed by atoms with van der Waals surface area (Å²) in [5.74, 6) is 3.22. The van der Waals surface area contributed by atoms with Gasteiger partial charge >= 0.3 is 0 Å². The SMILES string of the molecule is CC(C)C(B1C2CCCC1CCC2)c1ccccc1-c1ccccn1. The molecule has 2 aliphatic heterocycles. The van der Waals surface area contributed by atoms with Gasteiger partial charge in [0, 0.05) is 11.8 Å². The molecule has 0 saturated carbocycles. The Bertz CT molecular complexity index is 674. The van der Waals surface area contributed by atoms with E-state index in [1.54, 1.807) is 5.56 Å². The Morgan fingerprint density at radius 2 is 1.52 bits per heavy atom. The third-order valence-corrected chi connectivity index (χ3v) is 6.78. The molecular formula is C23H30BN. The molecule has 0 aliphatic carbocycles. The summed E-state index contributed by atoms with van der Waals surface area (Å²) in [6.45, 7) is 5.74. The number of rotatable bonds is 4. The van der Waals surface area contributed by atoms with Gasteiger partial charge in [0.1, 0.15) is 0 Å². The maximum atomic E-state index is 4.67. The van der Waals surface area contributed by atoms with Crippen LogP contribution in [0.4, 0.5) is 0 Å². The molecule has 0 N–H and O–H groups in total. The molecule has 1 unspecified atom stereocenters. The summed E-state index contributed by atoms with van der Waals surface area (Å²) in [5.41, 5.74) is 4.02. The van der Waals surface area contributed by atoms with Crippen molar-refractivity contribution in [3.63, 3.8) is 0 Å². The van der Waals surface area contributed by atoms with Gasteiger partial charge in [-0.2, -0.15) is 0 Å². The van der Waals surface area contributed by atoms with E-state index in [2.05, 4.69) is 55.2 Å². The summed E-state index contributed by atoms with van der Waals surface area (Å²) in [5, 5.41) is 0. The van der Waals surface area contributed by atoms with Gasteiger partial charge in [-0.15, -0.1) is 0 Å². The highest BCUT2D eigenvalue weighted by Gasteiger charge is 2.45. The highest BCUT2D eigenvalue weighted by Crippen LogP contribution is 2.53. The molecule has 2 aromatic rings. The zero-order chi connectivity index (χ0) is 17.2. The van der Waals surface area contributed by atoms with E-state index in [0.29, 0.717) is 11.7 Å². The van der Waals surface area contributed by atoms with E-state index in [0.717, 1.165) is 24.0 Å². The Kier molecular flexibility index (Phi) is 4.97. The second kappa shape index (κ2) is 7.36. The molecule has 0 radical (unpaired) electrons. The van der Waals surface area contributed by atoms with Crippen molar-refractivity contribution < 1.29 is 0 Å². The number of hydrogen-bond acceptors (Lipinski definition) is 1. The van der Waals surface area contributed by atoms with E-state index >= 15 is 0 Å². The molecule has 25 heavy (non-hydrogen) atoms. The predicted octanol–water partition coefficient (Wildman–Crippen LogP) is 6.63. The monoisotopic (exact) mass is 331 g/mol. The lowest BCUT2D eigenvalue weighted by atomic mass is 9.20. The average molecular weight is 331 g/mol. The fourth-order valence-corrected chi connectivity index (χ4v) is 5.87. The molecule has 1 atom stereocenters. The molecule has 130 valence electrons. The summed E-state index contributed by atoms with van der Waals surface area (Å²) in [6, 6.07) is 15.4. The Morgan fingerprint density at radius 1 is 0.880 bits per heavy atom. The van der Waals surface area contributed by atoms with Gasteiger partial charge in [-0.3, -0.25) is 4.98 Å². The first-order valence-electron chi connectivity index (χ1n) is 10.3. The van der Waals surface area contributed by atoms with Crippen molar-refractivity contribution in [1.29, 1.82) is 0 Å². The second-order valence-corrected chi connectivity index (χ2v) is 8.53. The van der Waals surface area contributed by atoms with E-state index in [9.17, 15) is 0 Å². The Balaban J connectivity index is 1.78. The van der Waals surface area contributed by atoms with Crippen molar-refractivity contribution in [2.45, 2.75) is 69.8 Å². The van der Waals surface area contributed by atoms with E-state index in [-0.39, 0.29) is 0 Å². The van der Waals surface area contributed by atoms with Crippen LogP contribution in [0, 0.1) is 5.92 Å². The molecule has 2 aliphatic rings. The molecule has 0 spiro atoms. The normalized spacial score (nSPS) is 24.4. The van der Waals surface area contributed by atoms with Crippen molar-refractivity contribution in [3.05, 3.63) is 54.2 Å². The van der Waals surface area contributed by atoms with Crippen LogP contribution in [0.5, 0.6) is 0 Å². The summed E-state index contributed by atoms with van der Waals surface area (Å²) >= 11 is 0. The molecule has 0 amide bonds. The third-order valence-electron chi connectivity index (χ3n) is 6.78. The lowest BCUT2D eigenvalue weighted by molar-refractivity contribution is 0.423. The molecular weight excluding hydrogens is 301 g/mol. The molecule has 2 fully saturated rings. The highest BCUT2D eigenvalue weighted by atomic mass is 14.7. The van der Waals surface area contributed by atoms with Crippen LogP contribution in [0.15, 0.2) is 48.7 Å². The van der Waals surface area contributed by atoms with Crippen LogP contribution >= 0.6 is 0 Å². The Labute approximate surface area is 153 Å². The summed E-state index contributed by atoms with van der Waals surface area (Å²) in [6.07, 6.45) is 10.7. The smallest absolute Gasteiger partial charge is 0.154 e. The minimum Gasteiger partial charge on any atom is -0.256 e. The highest BCUT2D eigenvalue weighted by molar-refractivity contribution is 6.64. The first kappa shape index (κ1) is 16.9. The molecule has 1 nitrogen and oxygen atoms in total. The first-order valence-corrected chi connectivity index (χ1v) is 10.3. The van der Waals surface area contributed by atoms with Gasteiger partial charge in [0.2, 0.25) is 0 Å². The van der Waals surface area contributed by atoms with Crippen molar-refractivity contribution in [3.8, 4) is 11.3 Å². The van der Waals surface area contributed by atoms with Gasteiger partial charge in [0.25, 0.3) is 0 Å². The summed E-state index contributed by atoms with van der Waals surface area (Å²) in [4.78, 5) is 4.67. The maximum Gasteiger partial charge on any atom is 0.154 e. The zero-order valence-electron chi connectivity index (χ0n) is 15.7. The van der Waals surface area contributed by atoms with Gasteiger partial charge < -0.3 is 0 Å². The average Bonchev–Trinajstić information content (AvgIpc) is 2.63. The van der Waals surface area contributed by atoms with Gasteiger partial charge in [0.05, 0.1) is 5.69 Å². The van der Waals surface area contributed by atoms with Crippen LogP contribution in [0.3, 0.4) is 0 Å². The maximum absolute atomic E-state index is 4.67. The second-order valence-electron chi connectivity index (χ2n) is 8.53. The molecule has 2 saturated heterocycles. The van der Waals surface area contributed by atoms with E-state index < -0.39 is 0 Å². The van der Waals surface area contributed by atoms with Crippen molar-refractivity contribution >= 4 is 6.71 Å². The quantitative estimate of drug-likeness (QED) is 0.573. The molecule has 1 aromatic heterocycles. The largest absolute Gasteiger partial charge is 0.256 e. The zero-order valence-corrected chi connectivity index (χ0v) is 15.7. The van der Waals surface area contributed by atoms with E-state index in [4.69, 9.17) is 0 Å². The first-order chi connectivity index (χ1) is 12.3. The number of nitrogens with zero attached hydrogens (tertiary/aromatic N) is 1. The minimum absolute atomic E-state index is 0.661. The van der Waals surface area contributed by atoms with E-state index in [1.807, 2.05) is 12.3 Å². The van der Waals surface area contributed by atoms with Gasteiger partial charge in [-0.25, -0.2) is 0 Å². The number of hydrogen-bond donors (Lipinski definition) is 0. The molecule has 2 heteroatoms. The fraction of sp³-hybridized carbons (Fsp3) is 0.522. The van der Waals surface area contributed by atoms with Crippen molar-refractivity contribution in [1.82, 2.24) is 4.98 Å². The van der Waals surface area contributed by atoms with E-state index in [1.165, 1.54) is 44.1 Å². The van der Waals surface area contributed by atoms with Gasteiger partial charge in [-0.05, 0) is 29.4 Å². The molecule has 4 rings (SSSR count). The molecule has 1 aromatic carbocycles. The number of pyridine rings is 1. The number of aromatic nitrogens is 1. The van der Waals surface area contributed by atoms with Crippen LogP contribution in [0.1, 0.15) is 63.8 Å². The van der Waals surface area contributed by atoms with Crippen LogP contribution in [-0.2, 0) is 0 Å². The fourth-order valence-electron chi connectivity index (χ4n) is 5.87. The lowest BCUT2D eigenvalue weighted by Crippen LogP contribution is -2.42. The van der Waals surface area contributed by atoms with Crippen LogP contribution in [0.2, 0.25) is 11.6 Å². The minimum atomic E-state index is 0.661. The van der Waals surface area contributed by atoms with Crippen LogP contribution in [-0.4, -0.2) is 11.7 Å². The standard InChI is InChI=1S/C23H30BN/c1-17(2)23(24-18-9-7-10-19(24)12-8-11-18)21-14-4-3-13-20(21)22-15-5-6-16-25-22/h3-6,13-19,23H,7-12H2,1-2H3. The Hall–Kier alpha value is -1.57. The van der Waals surface area contributed by atoms with Crippen molar-refractivity contribution in [2.75, 3.05) is 0 Å². The Morgan fingerprint density at radius 3 is 2.12 bits per heavy atom. The predicted molar refractivity (Wildman–Crippen MR) is 108 cm³/mol. The van der Waals surface area contributed by atoms with Crippen LogP contribution in [0.25, 0.3) is 11.3 Å². The number of benzene rings is 1. The van der Waals surface area contributed by atoms with Crippen molar-refractivity contribution in [2.24, 2.45) is 5.92 Å². The summed E-state index contributed by atoms with van der Waals surface area (Å²) in [7, 11) is 0. The van der Waals surface area contributed by atoms with Crippen LogP contribution < -0.4 is 0 Å². The summed E-state index contributed by atoms with van der Waals surface area (Å²) < 4.78 is 0. The van der Waals surface area contributed by atoms with Gasteiger partial charge in [0.15, 0.2) is 6.71 Å².